The summed E-state index contributed by atoms with van der Waals surface area (Å²) in [6.07, 6.45) is 3.70. The van der Waals surface area contributed by atoms with Crippen LogP contribution in [-0.4, -0.2) is 47.6 Å². The fraction of sp³-hybridized carbons (Fsp3) is 0.500. The van der Waals surface area contributed by atoms with E-state index in [1.165, 1.54) is 24.8 Å². The summed E-state index contributed by atoms with van der Waals surface area (Å²) in [6.45, 7) is 5.09. The minimum atomic E-state index is -0.750. The molecule has 1 fully saturated rings. The number of aliphatic carboxylic acids is 1. The second kappa shape index (κ2) is 7.83. The number of hydrogen-bond acceptors (Lipinski definition) is 4. The van der Waals surface area contributed by atoms with E-state index in [4.69, 9.17) is 10.1 Å². The van der Waals surface area contributed by atoms with Gasteiger partial charge < -0.3 is 14.9 Å². The van der Waals surface area contributed by atoms with Gasteiger partial charge in [0.25, 0.3) is 0 Å². The van der Waals surface area contributed by atoms with Crippen molar-refractivity contribution < 1.29 is 9.90 Å². The largest absolute Gasteiger partial charge is 0.481 e. The SMILES string of the molecule is CC(CN(C)Cc1cc2ccccc2nc1N1CCCCC1)C(=O)O. The lowest BCUT2D eigenvalue weighted by atomic mass is 10.1. The number of aromatic nitrogens is 1. The number of carboxylic acids is 1. The molecular formula is C20H27N3O2. The molecule has 0 radical (unpaired) electrons. The summed E-state index contributed by atoms with van der Waals surface area (Å²) in [5.74, 6) is -0.0650. The molecule has 2 heterocycles. The number of hydrogen-bond donors (Lipinski definition) is 1. The molecule has 0 amide bonds. The lowest BCUT2D eigenvalue weighted by Gasteiger charge is -2.31. The van der Waals surface area contributed by atoms with Gasteiger partial charge >= 0.3 is 5.97 Å². The van der Waals surface area contributed by atoms with Crippen LogP contribution in [0.25, 0.3) is 10.9 Å². The molecule has 0 bridgehead atoms. The standard InChI is InChI=1S/C20H27N3O2/c1-15(20(24)25)13-22(2)14-17-12-16-8-4-5-9-18(16)21-19(17)23-10-6-3-7-11-23/h4-5,8-9,12,15H,3,6-7,10-11,13-14H2,1-2H3,(H,24,25). The zero-order valence-electron chi connectivity index (χ0n) is 15.1. The van der Waals surface area contributed by atoms with Crippen molar-refractivity contribution in [3.05, 3.63) is 35.9 Å². The number of rotatable bonds is 6. The highest BCUT2D eigenvalue weighted by Gasteiger charge is 2.19. The quantitative estimate of drug-likeness (QED) is 0.873. The fourth-order valence-corrected chi connectivity index (χ4v) is 3.55. The molecule has 2 aromatic rings. The Labute approximate surface area is 149 Å². The molecule has 0 saturated carbocycles. The molecule has 1 aliphatic heterocycles. The summed E-state index contributed by atoms with van der Waals surface area (Å²) in [5.41, 5.74) is 2.20. The predicted molar refractivity (Wildman–Crippen MR) is 101 cm³/mol. The summed E-state index contributed by atoms with van der Waals surface area (Å²) in [4.78, 5) is 20.5. The van der Waals surface area contributed by atoms with Gasteiger partial charge in [0.05, 0.1) is 11.4 Å². The van der Waals surface area contributed by atoms with Crippen molar-refractivity contribution in [1.29, 1.82) is 0 Å². The summed E-state index contributed by atoms with van der Waals surface area (Å²) in [7, 11) is 1.98. The average Bonchev–Trinajstić information content (AvgIpc) is 2.61. The van der Waals surface area contributed by atoms with Crippen molar-refractivity contribution in [3.8, 4) is 0 Å². The first kappa shape index (κ1) is 17.7. The van der Waals surface area contributed by atoms with Crippen molar-refractivity contribution in [2.24, 2.45) is 5.92 Å². The van der Waals surface area contributed by atoms with Crippen molar-refractivity contribution in [2.45, 2.75) is 32.7 Å². The Morgan fingerprint density at radius 3 is 2.72 bits per heavy atom. The van der Waals surface area contributed by atoms with Crippen LogP contribution in [-0.2, 0) is 11.3 Å². The van der Waals surface area contributed by atoms with E-state index in [9.17, 15) is 4.79 Å². The number of carbonyl (C=O) groups is 1. The van der Waals surface area contributed by atoms with Crippen LogP contribution in [0.4, 0.5) is 5.82 Å². The van der Waals surface area contributed by atoms with Gasteiger partial charge in [0.2, 0.25) is 0 Å². The van der Waals surface area contributed by atoms with Crippen LogP contribution >= 0.6 is 0 Å². The Kier molecular flexibility index (Phi) is 5.53. The lowest BCUT2D eigenvalue weighted by molar-refractivity contribution is -0.141. The van der Waals surface area contributed by atoms with E-state index in [0.29, 0.717) is 13.1 Å². The van der Waals surface area contributed by atoms with Gasteiger partial charge in [-0.3, -0.25) is 4.79 Å². The Hall–Kier alpha value is -2.14. The first-order chi connectivity index (χ1) is 12.0. The van der Waals surface area contributed by atoms with Gasteiger partial charge in [0, 0.05) is 37.1 Å². The summed E-state index contributed by atoms with van der Waals surface area (Å²) in [5, 5.41) is 10.3. The molecule has 3 rings (SSSR count). The highest BCUT2D eigenvalue weighted by molar-refractivity contribution is 5.81. The third kappa shape index (κ3) is 4.28. The summed E-state index contributed by atoms with van der Waals surface area (Å²) >= 11 is 0. The van der Waals surface area contributed by atoms with Crippen LogP contribution in [0.3, 0.4) is 0 Å². The molecule has 5 nitrogen and oxygen atoms in total. The van der Waals surface area contributed by atoms with Crippen LogP contribution in [0.1, 0.15) is 31.7 Å². The van der Waals surface area contributed by atoms with E-state index in [0.717, 1.165) is 29.8 Å². The molecule has 1 aromatic carbocycles. The van der Waals surface area contributed by atoms with Gasteiger partial charge in [-0.25, -0.2) is 4.98 Å². The van der Waals surface area contributed by atoms with E-state index in [1.807, 2.05) is 19.2 Å². The van der Waals surface area contributed by atoms with Crippen molar-refractivity contribution >= 4 is 22.7 Å². The molecule has 1 atom stereocenters. The minimum absolute atomic E-state index is 0.378. The summed E-state index contributed by atoms with van der Waals surface area (Å²) in [6, 6.07) is 10.4. The smallest absolute Gasteiger partial charge is 0.307 e. The van der Waals surface area contributed by atoms with Gasteiger partial charge in [-0.1, -0.05) is 25.1 Å². The molecule has 134 valence electrons. The monoisotopic (exact) mass is 341 g/mol. The van der Waals surface area contributed by atoms with Gasteiger partial charge in [-0.05, 0) is 38.4 Å². The number of anilines is 1. The molecule has 1 aromatic heterocycles. The number of fused-ring (bicyclic) bond motifs is 1. The Bertz CT molecular complexity index is 741. The molecule has 5 heteroatoms. The Morgan fingerprint density at radius 2 is 2.00 bits per heavy atom. The molecule has 1 unspecified atom stereocenters. The zero-order valence-corrected chi connectivity index (χ0v) is 15.1. The zero-order chi connectivity index (χ0) is 17.8. The summed E-state index contributed by atoms with van der Waals surface area (Å²) < 4.78 is 0. The van der Waals surface area contributed by atoms with E-state index in [2.05, 4.69) is 28.0 Å². The minimum Gasteiger partial charge on any atom is -0.481 e. The van der Waals surface area contributed by atoms with E-state index < -0.39 is 5.97 Å². The first-order valence-electron chi connectivity index (χ1n) is 9.09. The van der Waals surface area contributed by atoms with Gasteiger partial charge in [0.15, 0.2) is 0 Å². The molecular weight excluding hydrogens is 314 g/mol. The Balaban J connectivity index is 1.89. The maximum Gasteiger partial charge on any atom is 0.307 e. The number of piperidine rings is 1. The van der Waals surface area contributed by atoms with Crippen molar-refractivity contribution in [2.75, 3.05) is 31.6 Å². The van der Waals surface area contributed by atoms with Gasteiger partial charge in [-0.2, -0.15) is 0 Å². The van der Waals surface area contributed by atoms with Gasteiger partial charge in [-0.15, -0.1) is 0 Å². The maximum atomic E-state index is 11.1. The normalized spacial score (nSPS) is 16.4. The highest BCUT2D eigenvalue weighted by atomic mass is 16.4. The van der Waals surface area contributed by atoms with Gasteiger partial charge in [0.1, 0.15) is 5.82 Å². The predicted octanol–water partition coefficient (Wildman–Crippen LogP) is 3.38. The highest BCUT2D eigenvalue weighted by Crippen LogP contribution is 2.27. The fourth-order valence-electron chi connectivity index (χ4n) is 3.55. The molecule has 0 spiro atoms. The second-order valence-corrected chi connectivity index (χ2v) is 7.15. The number of para-hydroxylation sites is 1. The van der Waals surface area contributed by atoms with E-state index in [-0.39, 0.29) is 5.92 Å². The number of nitrogens with zero attached hydrogens (tertiary/aromatic N) is 3. The van der Waals surface area contributed by atoms with Crippen LogP contribution in [0, 0.1) is 5.92 Å². The topological polar surface area (TPSA) is 56.7 Å². The van der Waals surface area contributed by atoms with Crippen molar-refractivity contribution in [1.82, 2.24) is 9.88 Å². The second-order valence-electron chi connectivity index (χ2n) is 7.15. The molecule has 0 aliphatic carbocycles. The van der Waals surface area contributed by atoms with Crippen LogP contribution in [0.2, 0.25) is 0 Å². The molecule has 1 N–H and O–H groups in total. The number of benzene rings is 1. The van der Waals surface area contributed by atoms with Crippen LogP contribution < -0.4 is 4.90 Å². The molecule has 1 aliphatic rings. The van der Waals surface area contributed by atoms with Crippen LogP contribution in [0.15, 0.2) is 30.3 Å². The third-order valence-electron chi connectivity index (χ3n) is 4.88. The average molecular weight is 341 g/mol. The molecule has 1 saturated heterocycles. The lowest BCUT2D eigenvalue weighted by Crippen LogP contribution is -2.33. The van der Waals surface area contributed by atoms with E-state index >= 15 is 0 Å². The third-order valence-corrected chi connectivity index (χ3v) is 4.88. The van der Waals surface area contributed by atoms with Crippen LogP contribution in [0.5, 0.6) is 0 Å². The molecule has 25 heavy (non-hydrogen) atoms. The number of carboxylic acid groups (broad SMARTS) is 1. The maximum absolute atomic E-state index is 11.1. The van der Waals surface area contributed by atoms with E-state index in [1.54, 1.807) is 6.92 Å². The Morgan fingerprint density at radius 1 is 1.28 bits per heavy atom. The number of pyridine rings is 1. The van der Waals surface area contributed by atoms with Crippen molar-refractivity contribution in [3.63, 3.8) is 0 Å². The first-order valence-corrected chi connectivity index (χ1v) is 9.09.